The Labute approximate surface area is 163 Å². The third-order valence-corrected chi connectivity index (χ3v) is 4.17. The maximum Gasteiger partial charge on any atom is 0.360 e. The van der Waals surface area contributed by atoms with E-state index in [-0.39, 0.29) is 30.1 Å². The smallest absolute Gasteiger partial charge is 0.360 e. The summed E-state index contributed by atoms with van der Waals surface area (Å²) in [6.07, 6.45) is -0.850. The van der Waals surface area contributed by atoms with Crippen LogP contribution in [0.3, 0.4) is 0 Å². The molecule has 1 aromatic heterocycles. The van der Waals surface area contributed by atoms with Crippen LogP contribution >= 0.6 is 0 Å². The van der Waals surface area contributed by atoms with Gasteiger partial charge in [0.15, 0.2) is 11.8 Å². The second kappa shape index (κ2) is 9.13. The number of aromatic nitrogens is 2. The van der Waals surface area contributed by atoms with Crippen molar-refractivity contribution in [2.75, 3.05) is 13.6 Å². The molecule has 0 aliphatic carbocycles. The van der Waals surface area contributed by atoms with Crippen LogP contribution in [0.1, 0.15) is 37.7 Å². The van der Waals surface area contributed by atoms with E-state index >= 15 is 0 Å². The minimum Gasteiger partial charge on any atom is -0.448 e. The number of carbonyl (C=O) groups is 2. The van der Waals surface area contributed by atoms with Gasteiger partial charge in [-0.2, -0.15) is 10.4 Å². The molecule has 8 heteroatoms. The van der Waals surface area contributed by atoms with Gasteiger partial charge in [-0.05, 0) is 18.9 Å². The highest BCUT2D eigenvalue weighted by Gasteiger charge is 2.25. The molecule has 0 unspecified atom stereocenters. The largest absolute Gasteiger partial charge is 0.448 e. The topological polar surface area (TPSA) is 105 Å². The molecule has 2 aromatic rings. The lowest BCUT2D eigenvalue weighted by Crippen LogP contribution is -2.38. The fourth-order valence-corrected chi connectivity index (χ4v) is 2.76. The number of nitrogens with zero attached hydrogens (tertiary/aromatic N) is 4. The van der Waals surface area contributed by atoms with Crippen molar-refractivity contribution >= 4 is 22.6 Å². The van der Waals surface area contributed by atoms with Gasteiger partial charge in [0.05, 0.1) is 17.9 Å². The second-order valence-electron chi connectivity index (χ2n) is 6.99. The number of benzene rings is 1. The first-order chi connectivity index (χ1) is 13.3. The lowest BCUT2D eigenvalue weighted by Gasteiger charge is -2.20. The number of carbonyl (C=O) groups excluding carboxylic acids is 2. The molecule has 1 atom stereocenters. The van der Waals surface area contributed by atoms with Crippen LogP contribution in [0.15, 0.2) is 29.1 Å². The van der Waals surface area contributed by atoms with Crippen molar-refractivity contribution in [1.29, 1.82) is 5.26 Å². The van der Waals surface area contributed by atoms with Gasteiger partial charge in [-0.3, -0.25) is 9.59 Å². The first-order valence-corrected chi connectivity index (χ1v) is 9.09. The Hall–Kier alpha value is -3.21. The molecule has 1 amide bonds. The Kier molecular flexibility index (Phi) is 6.88. The zero-order valence-electron chi connectivity index (χ0n) is 16.5. The number of esters is 1. The Morgan fingerprint density at radius 3 is 2.50 bits per heavy atom. The van der Waals surface area contributed by atoms with E-state index in [1.54, 1.807) is 31.3 Å². The number of nitriles is 1. The van der Waals surface area contributed by atoms with Crippen molar-refractivity contribution in [3.63, 3.8) is 0 Å². The van der Waals surface area contributed by atoms with E-state index in [2.05, 4.69) is 5.10 Å². The Balaban J connectivity index is 2.34. The van der Waals surface area contributed by atoms with E-state index in [1.165, 1.54) is 16.5 Å². The molecule has 0 spiro atoms. The zero-order chi connectivity index (χ0) is 20.8. The Bertz CT molecular complexity index is 974. The monoisotopic (exact) mass is 384 g/mol. The summed E-state index contributed by atoms with van der Waals surface area (Å²) in [5.74, 6) is -1.03. The van der Waals surface area contributed by atoms with Gasteiger partial charge < -0.3 is 9.64 Å². The van der Waals surface area contributed by atoms with E-state index < -0.39 is 18.0 Å². The minimum absolute atomic E-state index is 0.00446. The highest BCUT2D eigenvalue weighted by atomic mass is 16.5. The van der Waals surface area contributed by atoms with Crippen molar-refractivity contribution in [2.24, 2.45) is 5.92 Å². The molecule has 1 aromatic carbocycles. The number of rotatable bonds is 7. The number of fused-ring (bicyclic) bond motifs is 1. The first-order valence-electron chi connectivity index (χ1n) is 9.09. The fraction of sp³-hybridized carbons (Fsp3) is 0.450. The average molecular weight is 384 g/mol. The maximum atomic E-state index is 12.7. The highest BCUT2D eigenvalue weighted by molar-refractivity contribution is 6.02. The van der Waals surface area contributed by atoms with Gasteiger partial charge in [0.25, 0.3) is 11.5 Å². The molecule has 2 rings (SSSR count). The molecular weight excluding hydrogens is 360 g/mol. The number of hydrogen-bond donors (Lipinski definition) is 0. The van der Waals surface area contributed by atoms with Gasteiger partial charge in [0.2, 0.25) is 0 Å². The lowest BCUT2D eigenvalue weighted by atomic mass is 10.1. The second-order valence-corrected chi connectivity index (χ2v) is 6.99. The molecule has 8 nitrogen and oxygen atoms in total. The highest BCUT2D eigenvalue weighted by Crippen LogP contribution is 2.16. The number of amides is 1. The van der Waals surface area contributed by atoms with Gasteiger partial charge in [-0.1, -0.05) is 32.0 Å². The summed E-state index contributed by atoms with van der Waals surface area (Å²) in [5, 5.41) is 13.6. The summed E-state index contributed by atoms with van der Waals surface area (Å²) >= 11 is 0. The molecule has 0 aliphatic heterocycles. The molecule has 0 N–H and O–H groups in total. The van der Waals surface area contributed by atoms with E-state index in [0.717, 1.165) is 0 Å². The third-order valence-electron chi connectivity index (χ3n) is 4.17. The van der Waals surface area contributed by atoms with Crippen molar-refractivity contribution in [2.45, 2.75) is 39.8 Å². The van der Waals surface area contributed by atoms with E-state index in [4.69, 9.17) is 10.00 Å². The number of likely N-dealkylation sites (N-methyl/N-ethyl adjacent to an activating group) is 1. The van der Waals surface area contributed by atoms with Crippen LogP contribution in [0.2, 0.25) is 0 Å². The van der Waals surface area contributed by atoms with Crippen LogP contribution in [0.4, 0.5) is 0 Å². The summed E-state index contributed by atoms with van der Waals surface area (Å²) in [4.78, 5) is 39.0. The van der Waals surface area contributed by atoms with Crippen molar-refractivity contribution in [3.05, 3.63) is 40.3 Å². The molecule has 0 aliphatic rings. The number of hydrogen-bond acceptors (Lipinski definition) is 6. The standard InChI is InChI=1S/C20H24N4O4/c1-13(2)12-24-19(26)16-9-6-5-8-15(16)17(22-24)20(27)28-14(3)18(25)23(4)11-7-10-21/h5-6,8-9,13-14H,7,11-12H2,1-4H3/t14-/m0/s1. The van der Waals surface area contributed by atoms with E-state index in [1.807, 2.05) is 19.9 Å². The SMILES string of the molecule is CC(C)Cn1nc(C(=O)O[C@@H](C)C(=O)N(C)CCC#N)c2ccccc2c1=O. The van der Waals surface area contributed by atoms with Crippen LogP contribution in [0, 0.1) is 17.2 Å². The van der Waals surface area contributed by atoms with Crippen molar-refractivity contribution < 1.29 is 14.3 Å². The maximum absolute atomic E-state index is 12.7. The summed E-state index contributed by atoms with van der Waals surface area (Å²) < 4.78 is 6.58. The normalized spacial score (nSPS) is 11.9. The van der Waals surface area contributed by atoms with Gasteiger partial charge in [-0.15, -0.1) is 0 Å². The van der Waals surface area contributed by atoms with Crippen LogP contribution in [-0.2, 0) is 16.1 Å². The predicted molar refractivity (Wildman–Crippen MR) is 104 cm³/mol. The van der Waals surface area contributed by atoms with Gasteiger partial charge in [0, 0.05) is 25.5 Å². The Morgan fingerprint density at radius 1 is 1.25 bits per heavy atom. The fourth-order valence-electron chi connectivity index (χ4n) is 2.76. The van der Waals surface area contributed by atoms with E-state index in [0.29, 0.717) is 17.3 Å². The average Bonchev–Trinajstić information content (AvgIpc) is 2.67. The quantitative estimate of drug-likeness (QED) is 0.676. The molecular formula is C20H24N4O4. The van der Waals surface area contributed by atoms with Gasteiger partial charge in [-0.25, -0.2) is 9.48 Å². The minimum atomic E-state index is -1.04. The van der Waals surface area contributed by atoms with Crippen LogP contribution in [0.5, 0.6) is 0 Å². The molecule has 0 radical (unpaired) electrons. The summed E-state index contributed by atoms with van der Waals surface area (Å²) in [6, 6.07) is 8.65. The van der Waals surface area contributed by atoms with Gasteiger partial charge >= 0.3 is 5.97 Å². The predicted octanol–water partition coefficient (Wildman–Crippen LogP) is 1.97. The van der Waals surface area contributed by atoms with Gasteiger partial charge in [0.1, 0.15) is 0 Å². The molecule has 28 heavy (non-hydrogen) atoms. The lowest BCUT2D eigenvalue weighted by molar-refractivity contribution is -0.138. The van der Waals surface area contributed by atoms with E-state index in [9.17, 15) is 14.4 Å². The summed E-state index contributed by atoms with van der Waals surface area (Å²) in [5.41, 5.74) is -0.281. The van der Waals surface area contributed by atoms with Crippen LogP contribution in [-0.4, -0.2) is 46.3 Å². The Morgan fingerprint density at radius 2 is 1.89 bits per heavy atom. The van der Waals surface area contributed by atoms with Crippen LogP contribution < -0.4 is 5.56 Å². The molecule has 0 fully saturated rings. The zero-order valence-corrected chi connectivity index (χ0v) is 16.5. The molecule has 148 valence electrons. The summed E-state index contributed by atoms with van der Waals surface area (Å²) in [6.45, 7) is 5.96. The molecule has 0 saturated heterocycles. The first kappa shape index (κ1) is 21.1. The molecule has 0 bridgehead atoms. The molecule has 1 heterocycles. The third kappa shape index (κ3) is 4.74. The number of ether oxygens (including phenoxy) is 1. The van der Waals surface area contributed by atoms with Crippen LogP contribution in [0.25, 0.3) is 10.8 Å². The van der Waals surface area contributed by atoms with Crippen molar-refractivity contribution in [1.82, 2.24) is 14.7 Å². The summed E-state index contributed by atoms with van der Waals surface area (Å²) in [7, 11) is 1.54. The molecule has 0 saturated carbocycles. The van der Waals surface area contributed by atoms with Crippen molar-refractivity contribution in [3.8, 4) is 6.07 Å².